The van der Waals surface area contributed by atoms with E-state index in [0.29, 0.717) is 11.7 Å². The van der Waals surface area contributed by atoms with Gasteiger partial charge >= 0.3 is 0 Å². The monoisotopic (exact) mass is 226 g/mol. The fourth-order valence-electron chi connectivity index (χ4n) is 1.08. The van der Waals surface area contributed by atoms with E-state index in [1.807, 2.05) is 12.1 Å². The first-order valence-corrected chi connectivity index (χ1v) is 6.16. The lowest BCUT2D eigenvalue weighted by Crippen LogP contribution is -2.04. The van der Waals surface area contributed by atoms with E-state index in [1.54, 1.807) is 23.9 Å². The topological polar surface area (TPSA) is 29.5 Å². The van der Waals surface area contributed by atoms with Gasteiger partial charge in [-0.2, -0.15) is 0 Å². The zero-order chi connectivity index (χ0) is 11.1. The van der Waals surface area contributed by atoms with Crippen molar-refractivity contribution in [2.75, 3.05) is 19.0 Å². The predicted octanol–water partition coefficient (Wildman–Crippen LogP) is 3.16. The molecule has 0 amide bonds. The van der Waals surface area contributed by atoms with Gasteiger partial charge in [0.15, 0.2) is 0 Å². The van der Waals surface area contributed by atoms with Crippen LogP contribution in [0, 0.1) is 5.92 Å². The lowest BCUT2D eigenvalue weighted by atomic mass is 10.2. The third-order valence-corrected chi connectivity index (χ3v) is 2.76. The molecule has 0 saturated carbocycles. The van der Waals surface area contributed by atoms with Crippen molar-refractivity contribution in [1.29, 1.82) is 0 Å². The van der Waals surface area contributed by atoms with Crippen LogP contribution in [0.1, 0.15) is 13.8 Å². The highest BCUT2D eigenvalue weighted by Crippen LogP contribution is 2.20. The molecule has 2 nitrogen and oxygen atoms in total. The van der Waals surface area contributed by atoms with Gasteiger partial charge in [-0.3, -0.25) is 0 Å². The molecule has 0 aliphatic heterocycles. The molecule has 0 spiro atoms. The standard InChI is InChI=1S/C12H18O2S/c1-10(2)9-14-7-8-15-12-5-3-11(13)4-6-12/h3-6,10,13H,7-9H2,1-2H3. The summed E-state index contributed by atoms with van der Waals surface area (Å²) in [5, 5.41) is 9.09. The Hall–Kier alpha value is -0.670. The van der Waals surface area contributed by atoms with Crippen LogP contribution in [0.25, 0.3) is 0 Å². The van der Waals surface area contributed by atoms with E-state index in [9.17, 15) is 0 Å². The van der Waals surface area contributed by atoms with Crippen molar-refractivity contribution in [2.24, 2.45) is 5.92 Å². The Morgan fingerprint density at radius 2 is 1.93 bits per heavy atom. The van der Waals surface area contributed by atoms with Gasteiger partial charge in [-0.05, 0) is 30.2 Å². The second-order valence-corrected chi connectivity index (χ2v) is 4.98. The summed E-state index contributed by atoms with van der Waals surface area (Å²) in [6.45, 7) is 5.90. The molecule has 0 aliphatic rings. The molecule has 84 valence electrons. The summed E-state index contributed by atoms with van der Waals surface area (Å²) in [5.74, 6) is 1.87. The van der Waals surface area contributed by atoms with Crippen LogP contribution in [-0.4, -0.2) is 24.1 Å². The average molecular weight is 226 g/mol. The second-order valence-electron chi connectivity index (χ2n) is 3.81. The zero-order valence-electron chi connectivity index (χ0n) is 9.27. The van der Waals surface area contributed by atoms with Gasteiger partial charge in [0.2, 0.25) is 0 Å². The Morgan fingerprint density at radius 3 is 2.53 bits per heavy atom. The van der Waals surface area contributed by atoms with Crippen LogP contribution < -0.4 is 0 Å². The minimum absolute atomic E-state index is 0.315. The van der Waals surface area contributed by atoms with Crippen molar-refractivity contribution in [1.82, 2.24) is 0 Å². The molecule has 15 heavy (non-hydrogen) atoms. The molecule has 1 aromatic carbocycles. The molecule has 0 fully saturated rings. The van der Waals surface area contributed by atoms with Crippen LogP contribution >= 0.6 is 11.8 Å². The number of phenols is 1. The maximum Gasteiger partial charge on any atom is 0.115 e. The van der Waals surface area contributed by atoms with Crippen molar-refractivity contribution in [3.8, 4) is 5.75 Å². The number of aromatic hydroxyl groups is 1. The van der Waals surface area contributed by atoms with Crippen LogP contribution in [0.5, 0.6) is 5.75 Å². The molecular weight excluding hydrogens is 208 g/mol. The number of hydrogen-bond acceptors (Lipinski definition) is 3. The molecule has 1 N–H and O–H groups in total. The first kappa shape index (κ1) is 12.4. The van der Waals surface area contributed by atoms with E-state index < -0.39 is 0 Å². The molecule has 0 atom stereocenters. The van der Waals surface area contributed by atoms with E-state index in [1.165, 1.54) is 4.90 Å². The second kappa shape index (κ2) is 6.75. The van der Waals surface area contributed by atoms with Crippen LogP contribution in [-0.2, 0) is 4.74 Å². The molecule has 0 unspecified atom stereocenters. The number of thioether (sulfide) groups is 1. The summed E-state index contributed by atoms with van der Waals surface area (Å²) in [4.78, 5) is 1.17. The van der Waals surface area contributed by atoms with E-state index in [4.69, 9.17) is 9.84 Å². The van der Waals surface area contributed by atoms with Gasteiger partial charge in [-0.25, -0.2) is 0 Å². The lowest BCUT2D eigenvalue weighted by molar-refractivity contribution is 0.124. The zero-order valence-corrected chi connectivity index (χ0v) is 10.1. The first-order valence-electron chi connectivity index (χ1n) is 5.18. The molecule has 0 saturated heterocycles. The molecule has 1 aromatic rings. The lowest BCUT2D eigenvalue weighted by Gasteiger charge is -2.06. The fourth-order valence-corrected chi connectivity index (χ4v) is 1.85. The normalized spacial score (nSPS) is 10.9. The molecular formula is C12H18O2S. The number of hydrogen-bond donors (Lipinski definition) is 1. The third-order valence-electron chi connectivity index (χ3n) is 1.78. The van der Waals surface area contributed by atoms with E-state index in [-0.39, 0.29) is 0 Å². The molecule has 0 heterocycles. The van der Waals surface area contributed by atoms with E-state index in [0.717, 1.165) is 19.0 Å². The molecule has 1 rings (SSSR count). The van der Waals surface area contributed by atoms with Crippen molar-refractivity contribution in [3.63, 3.8) is 0 Å². The van der Waals surface area contributed by atoms with Crippen LogP contribution in [0.15, 0.2) is 29.2 Å². The SMILES string of the molecule is CC(C)COCCSc1ccc(O)cc1. The summed E-state index contributed by atoms with van der Waals surface area (Å²) in [6.07, 6.45) is 0. The molecule has 0 aliphatic carbocycles. The minimum atomic E-state index is 0.315. The highest BCUT2D eigenvalue weighted by atomic mass is 32.2. The fraction of sp³-hybridized carbons (Fsp3) is 0.500. The maximum atomic E-state index is 9.09. The van der Waals surface area contributed by atoms with E-state index >= 15 is 0 Å². The van der Waals surface area contributed by atoms with Crippen LogP contribution in [0.4, 0.5) is 0 Å². The van der Waals surface area contributed by atoms with Gasteiger partial charge in [0.1, 0.15) is 5.75 Å². The van der Waals surface area contributed by atoms with Crippen LogP contribution in [0.2, 0.25) is 0 Å². The molecule has 0 radical (unpaired) electrons. The predicted molar refractivity (Wildman–Crippen MR) is 64.5 cm³/mol. The smallest absolute Gasteiger partial charge is 0.115 e. The summed E-state index contributed by atoms with van der Waals surface area (Å²) in [5.41, 5.74) is 0. The van der Waals surface area contributed by atoms with Gasteiger partial charge in [-0.1, -0.05) is 13.8 Å². The summed E-state index contributed by atoms with van der Waals surface area (Å²) < 4.78 is 5.47. The number of phenolic OH excluding ortho intramolecular Hbond substituents is 1. The van der Waals surface area contributed by atoms with Crippen molar-refractivity contribution in [2.45, 2.75) is 18.7 Å². The quantitative estimate of drug-likeness (QED) is 0.597. The summed E-state index contributed by atoms with van der Waals surface area (Å²) >= 11 is 1.74. The van der Waals surface area contributed by atoms with Gasteiger partial charge in [0.25, 0.3) is 0 Å². The highest BCUT2D eigenvalue weighted by Gasteiger charge is 1.96. The Labute approximate surface area is 95.7 Å². The largest absolute Gasteiger partial charge is 0.508 e. The van der Waals surface area contributed by atoms with Gasteiger partial charge in [0.05, 0.1) is 6.61 Å². The summed E-state index contributed by atoms with van der Waals surface area (Å²) in [7, 11) is 0. The van der Waals surface area contributed by atoms with E-state index in [2.05, 4.69) is 13.8 Å². The minimum Gasteiger partial charge on any atom is -0.508 e. The van der Waals surface area contributed by atoms with Gasteiger partial charge < -0.3 is 9.84 Å². The Balaban J connectivity index is 2.12. The third kappa shape index (κ3) is 5.70. The summed E-state index contributed by atoms with van der Waals surface area (Å²) in [6, 6.07) is 7.25. The van der Waals surface area contributed by atoms with Crippen molar-refractivity contribution >= 4 is 11.8 Å². The number of rotatable bonds is 6. The van der Waals surface area contributed by atoms with Gasteiger partial charge in [0, 0.05) is 17.3 Å². The Bertz CT molecular complexity index is 269. The molecule has 0 aromatic heterocycles. The van der Waals surface area contributed by atoms with Crippen molar-refractivity contribution in [3.05, 3.63) is 24.3 Å². The molecule has 0 bridgehead atoms. The Morgan fingerprint density at radius 1 is 1.27 bits per heavy atom. The molecule has 3 heteroatoms. The van der Waals surface area contributed by atoms with Crippen molar-refractivity contribution < 1.29 is 9.84 Å². The Kier molecular flexibility index (Phi) is 5.58. The van der Waals surface area contributed by atoms with Crippen LogP contribution in [0.3, 0.4) is 0 Å². The number of ether oxygens (including phenoxy) is 1. The van der Waals surface area contributed by atoms with Gasteiger partial charge in [-0.15, -0.1) is 11.8 Å². The maximum absolute atomic E-state index is 9.09. The average Bonchev–Trinajstić information content (AvgIpc) is 2.20. The highest BCUT2D eigenvalue weighted by molar-refractivity contribution is 7.99. The number of benzene rings is 1. The first-order chi connectivity index (χ1) is 7.18.